The fourth-order valence-electron chi connectivity index (χ4n) is 1.85. The summed E-state index contributed by atoms with van der Waals surface area (Å²) < 4.78 is 11.3. The summed E-state index contributed by atoms with van der Waals surface area (Å²) in [5.74, 6) is 2.62. The van der Waals surface area contributed by atoms with Gasteiger partial charge in [0.1, 0.15) is 0 Å². The second-order valence-electron chi connectivity index (χ2n) is 5.31. The fourth-order valence-corrected chi connectivity index (χ4v) is 1.85. The van der Waals surface area contributed by atoms with Gasteiger partial charge in [0.15, 0.2) is 17.5 Å². The summed E-state index contributed by atoms with van der Waals surface area (Å²) in [5.41, 5.74) is 6.87. The number of nitrogens with two attached hydrogens (primary N) is 1. The minimum atomic E-state index is 0. The molecule has 0 saturated heterocycles. The molecule has 0 spiro atoms. The number of aliphatic imine (C=N–C) groups is 1. The monoisotopic (exact) mass is 405 g/mol. The number of ether oxygens (including phenoxy) is 2. The largest absolute Gasteiger partial charge is 0.490 e. The molecular formula is C15H24IN3O2. The van der Waals surface area contributed by atoms with E-state index in [0.717, 1.165) is 30.0 Å². The van der Waals surface area contributed by atoms with E-state index in [0.29, 0.717) is 31.6 Å². The van der Waals surface area contributed by atoms with Crippen LogP contribution in [0.25, 0.3) is 0 Å². The molecule has 0 radical (unpaired) electrons. The van der Waals surface area contributed by atoms with Crippen molar-refractivity contribution < 1.29 is 9.47 Å². The van der Waals surface area contributed by atoms with Crippen molar-refractivity contribution in [3.63, 3.8) is 0 Å². The van der Waals surface area contributed by atoms with Crippen molar-refractivity contribution in [2.75, 3.05) is 19.8 Å². The highest BCUT2D eigenvalue weighted by atomic mass is 127. The Labute approximate surface area is 143 Å². The number of hydrogen-bond acceptors (Lipinski definition) is 3. The van der Waals surface area contributed by atoms with Crippen LogP contribution in [-0.4, -0.2) is 25.7 Å². The van der Waals surface area contributed by atoms with Crippen LogP contribution in [0.3, 0.4) is 0 Å². The Bertz CT molecular complexity index is 478. The molecule has 5 nitrogen and oxygen atoms in total. The second kappa shape index (κ2) is 8.96. The van der Waals surface area contributed by atoms with Crippen LogP contribution in [0.1, 0.15) is 25.8 Å². The summed E-state index contributed by atoms with van der Waals surface area (Å²) in [4.78, 5) is 4.33. The number of guanidine groups is 1. The topological polar surface area (TPSA) is 68.9 Å². The molecule has 0 amide bonds. The molecule has 6 heteroatoms. The van der Waals surface area contributed by atoms with Gasteiger partial charge in [-0.1, -0.05) is 19.9 Å². The van der Waals surface area contributed by atoms with Gasteiger partial charge >= 0.3 is 0 Å². The lowest BCUT2D eigenvalue weighted by Gasteiger charge is -2.09. The van der Waals surface area contributed by atoms with Gasteiger partial charge in [-0.15, -0.1) is 24.0 Å². The molecule has 1 heterocycles. The van der Waals surface area contributed by atoms with Crippen LogP contribution in [-0.2, 0) is 6.54 Å². The van der Waals surface area contributed by atoms with E-state index in [2.05, 4.69) is 24.2 Å². The lowest BCUT2D eigenvalue weighted by Crippen LogP contribution is -2.34. The Morgan fingerprint density at radius 1 is 1.29 bits per heavy atom. The van der Waals surface area contributed by atoms with Gasteiger partial charge in [-0.3, -0.25) is 0 Å². The first-order valence-electron chi connectivity index (χ1n) is 7.07. The third kappa shape index (κ3) is 5.99. The first-order chi connectivity index (χ1) is 9.65. The minimum absolute atomic E-state index is 0. The third-order valence-corrected chi connectivity index (χ3v) is 2.94. The van der Waals surface area contributed by atoms with Crippen LogP contribution in [0, 0.1) is 5.92 Å². The Hall–Kier alpha value is -1.18. The standard InChI is InChI=1S/C15H23N3O2.HI/c1-11(2)9-17-15(16)18-10-12-4-5-13-14(8-12)20-7-3-6-19-13;/h4-5,8,11H,3,6-7,9-10H2,1-2H3,(H3,16,17,18);1H. The van der Waals surface area contributed by atoms with Gasteiger partial charge < -0.3 is 20.5 Å². The van der Waals surface area contributed by atoms with E-state index in [4.69, 9.17) is 15.2 Å². The smallest absolute Gasteiger partial charge is 0.188 e. The normalized spacial score (nSPS) is 14.3. The van der Waals surface area contributed by atoms with Crippen molar-refractivity contribution in [3.05, 3.63) is 23.8 Å². The van der Waals surface area contributed by atoms with E-state index < -0.39 is 0 Å². The lowest BCUT2D eigenvalue weighted by atomic mass is 10.2. The van der Waals surface area contributed by atoms with Crippen molar-refractivity contribution in [2.24, 2.45) is 16.6 Å². The maximum atomic E-state index is 5.82. The number of benzene rings is 1. The van der Waals surface area contributed by atoms with Crippen molar-refractivity contribution >= 4 is 29.9 Å². The van der Waals surface area contributed by atoms with E-state index in [1.807, 2.05) is 18.2 Å². The first kappa shape index (κ1) is 17.9. The summed E-state index contributed by atoms with van der Waals surface area (Å²) in [7, 11) is 0. The van der Waals surface area contributed by atoms with Crippen molar-refractivity contribution in [1.82, 2.24) is 5.32 Å². The first-order valence-corrected chi connectivity index (χ1v) is 7.07. The number of nitrogens with zero attached hydrogens (tertiary/aromatic N) is 1. The van der Waals surface area contributed by atoms with Gasteiger partial charge in [0.05, 0.1) is 19.8 Å². The predicted octanol–water partition coefficient (Wildman–Crippen LogP) is 2.53. The molecule has 1 aliphatic rings. The highest BCUT2D eigenvalue weighted by Gasteiger charge is 2.10. The van der Waals surface area contributed by atoms with Gasteiger partial charge in [0.2, 0.25) is 0 Å². The summed E-state index contributed by atoms with van der Waals surface area (Å²) in [6.45, 7) is 7.02. The molecule has 0 aliphatic carbocycles. The van der Waals surface area contributed by atoms with Crippen LogP contribution >= 0.6 is 24.0 Å². The van der Waals surface area contributed by atoms with Gasteiger partial charge in [0, 0.05) is 13.0 Å². The minimum Gasteiger partial charge on any atom is -0.490 e. The van der Waals surface area contributed by atoms with Crippen LogP contribution in [0.4, 0.5) is 0 Å². The number of fused-ring (bicyclic) bond motifs is 1. The molecule has 1 aromatic carbocycles. The molecule has 1 aromatic rings. The number of halogens is 1. The molecule has 118 valence electrons. The summed E-state index contributed by atoms with van der Waals surface area (Å²) in [6, 6.07) is 5.90. The Kier molecular flexibility index (Phi) is 7.63. The molecule has 0 unspecified atom stereocenters. The Morgan fingerprint density at radius 2 is 2.00 bits per heavy atom. The average molecular weight is 405 g/mol. The summed E-state index contributed by atoms with van der Waals surface area (Å²) >= 11 is 0. The molecule has 0 saturated carbocycles. The van der Waals surface area contributed by atoms with Crippen LogP contribution in [0.2, 0.25) is 0 Å². The summed E-state index contributed by atoms with van der Waals surface area (Å²) in [5, 5.41) is 3.10. The Morgan fingerprint density at radius 3 is 2.71 bits per heavy atom. The molecule has 1 aliphatic heterocycles. The van der Waals surface area contributed by atoms with Gasteiger partial charge in [0.25, 0.3) is 0 Å². The molecular weight excluding hydrogens is 381 g/mol. The molecule has 0 fully saturated rings. The maximum Gasteiger partial charge on any atom is 0.188 e. The second-order valence-corrected chi connectivity index (χ2v) is 5.31. The zero-order valence-electron chi connectivity index (χ0n) is 12.6. The molecule has 0 atom stereocenters. The Balaban J connectivity index is 0.00000220. The molecule has 0 bridgehead atoms. The van der Waals surface area contributed by atoms with E-state index in [1.54, 1.807) is 0 Å². The van der Waals surface area contributed by atoms with Crippen molar-refractivity contribution in [3.8, 4) is 11.5 Å². The van der Waals surface area contributed by atoms with Crippen LogP contribution in [0.15, 0.2) is 23.2 Å². The lowest BCUT2D eigenvalue weighted by molar-refractivity contribution is 0.297. The van der Waals surface area contributed by atoms with E-state index in [1.165, 1.54) is 0 Å². The quantitative estimate of drug-likeness (QED) is 0.459. The SMILES string of the molecule is CC(C)CNC(N)=NCc1ccc2c(c1)OCCCO2.I. The van der Waals surface area contributed by atoms with Gasteiger partial charge in [-0.05, 0) is 23.6 Å². The third-order valence-electron chi connectivity index (χ3n) is 2.94. The number of hydrogen-bond donors (Lipinski definition) is 2. The van der Waals surface area contributed by atoms with Gasteiger partial charge in [-0.2, -0.15) is 0 Å². The van der Waals surface area contributed by atoms with Crippen molar-refractivity contribution in [2.45, 2.75) is 26.8 Å². The van der Waals surface area contributed by atoms with E-state index >= 15 is 0 Å². The molecule has 2 rings (SSSR count). The predicted molar refractivity (Wildman–Crippen MR) is 95.6 cm³/mol. The molecule has 3 N–H and O–H groups in total. The maximum absolute atomic E-state index is 5.82. The van der Waals surface area contributed by atoms with E-state index in [-0.39, 0.29) is 24.0 Å². The average Bonchev–Trinajstić information content (AvgIpc) is 2.67. The molecule has 21 heavy (non-hydrogen) atoms. The van der Waals surface area contributed by atoms with Crippen LogP contribution in [0.5, 0.6) is 11.5 Å². The summed E-state index contributed by atoms with van der Waals surface area (Å²) in [6.07, 6.45) is 0.911. The highest BCUT2D eigenvalue weighted by Crippen LogP contribution is 2.30. The number of rotatable bonds is 4. The fraction of sp³-hybridized carbons (Fsp3) is 0.533. The van der Waals surface area contributed by atoms with E-state index in [9.17, 15) is 0 Å². The van der Waals surface area contributed by atoms with Crippen molar-refractivity contribution in [1.29, 1.82) is 0 Å². The number of nitrogens with one attached hydrogen (secondary N) is 1. The van der Waals surface area contributed by atoms with Crippen LogP contribution < -0.4 is 20.5 Å². The van der Waals surface area contributed by atoms with Gasteiger partial charge in [-0.25, -0.2) is 4.99 Å². The zero-order chi connectivity index (χ0) is 14.4. The zero-order valence-corrected chi connectivity index (χ0v) is 14.9. The molecule has 0 aromatic heterocycles. The highest BCUT2D eigenvalue weighted by molar-refractivity contribution is 14.0.